The van der Waals surface area contributed by atoms with Gasteiger partial charge in [-0.25, -0.2) is 9.18 Å². The zero-order valence-electron chi connectivity index (χ0n) is 19.6. The molecule has 2 amide bonds. The van der Waals surface area contributed by atoms with E-state index in [-0.39, 0.29) is 18.0 Å². The fraction of sp³-hybridized carbons (Fsp3) is 0.296. The average Bonchev–Trinajstić information content (AvgIpc) is 2.87. The summed E-state index contributed by atoms with van der Waals surface area (Å²) in [6.45, 7) is 3.65. The maximum Gasteiger partial charge on any atom is 0.321 e. The number of piperazine rings is 1. The van der Waals surface area contributed by atoms with Crippen molar-refractivity contribution in [2.75, 3.05) is 45.2 Å². The van der Waals surface area contributed by atoms with E-state index in [4.69, 9.17) is 21.1 Å². The van der Waals surface area contributed by atoms with Crippen LogP contribution < -0.4 is 10.1 Å². The summed E-state index contributed by atoms with van der Waals surface area (Å²) in [4.78, 5) is 16.6. The Morgan fingerprint density at radius 1 is 1.03 bits per heavy atom. The fourth-order valence-corrected chi connectivity index (χ4v) is 4.27. The highest BCUT2D eigenvalue weighted by molar-refractivity contribution is 6.30. The summed E-state index contributed by atoms with van der Waals surface area (Å²) in [5, 5.41) is 3.45. The molecule has 1 fully saturated rings. The molecular weight excluding hydrogens is 469 g/mol. The SMILES string of the molecule is COc1cccc([C@H](CN2CCN(C(=O)Nc3cccc(F)c3)CC2)OCc2cccc(Cl)c2)c1. The minimum absolute atomic E-state index is 0.184. The van der Waals surface area contributed by atoms with Gasteiger partial charge in [-0.2, -0.15) is 0 Å². The van der Waals surface area contributed by atoms with E-state index in [1.54, 1.807) is 24.1 Å². The molecule has 0 unspecified atom stereocenters. The number of hydrogen-bond acceptors (Lipinski definition) is 4. The lowest BCUT2D eigenvalue weighted by molar-refractivity contribution is 0.00584. The second-order valence-corrected chi connectivity index (χ2v) is 8.87. The van der Waals surface area contributed by atoms with Crippen molar-refractivity contribution < 1.29 is 18.7 Å². The first-order chi connectivity index (χ1) is 17.0. The molecule has 8 heteroatoms. The van der Waals surface area contributed by atoms with E-state index in [9.17, 15) is 9.18 Å². The molecule has 3 aromatic rings. The number of amides is 2. The van der Waals surface area contributed by atoms with Gasteiger partial charge in [-0.3, -0.25) is 4.90 Å². The number of hydrogen-bond donors (Lipinski definition) is 1. The van der Waals surface area contributed by atoms with Crippen molar-refractivity contribution in [1.82, 2.24) is 9.80 Å². The summed E-state index contributed by atoms with van der Waals surface area (Å²) in [5.41, 5.74) is 2.48. The van der Waals surface area contributed by atoms with Crippen LogP contribution in [0.25, 0.3) is 0 Å². The molecule has 0 saturated carbocycles. The molecule has 1 aliphatic heterocycles. The first-order valence-corrected chi connectivity index (χ1v) is 11.9. The van der Waals surface area contributed by atoms with E-state index in [0.717, 1.165) is 16.9 Å². The van der Waals surface area contributed by atoms with Gasteiger partial charge in [0.15, 0.2) is 0 Å². The number of carbonyl (C=O) groups is 1. The zero-order chi connectivity index (χ0) is 24.6. The molecule has 35 heavy (non-hydrogen) atoms. The normalized spacial score (nSPS) is 15.0. The number of benzene rings is 3. The van der Waals surface area contributed by atoms with E-state index >= 15 is 0 Å². The van der Waals surface area contributed by atoms with Crippen LogP contribution in [0.15, 0.2) is 72.8 Å². The molecule has 184 valence electrons. The molecule has 4 rings (SSSR count). The van der Waals surface area contributed by atoms with Crippen LogP contribution in [0.3, 0.4) is 0 Å². The third-order valence-electron chi connectivity index (χ3n) is 5.97. The Bertz CT molecular complexity index is 1140. The first kappa shape index (κ1) is 25.0. The minimum atomic E-state index is -0.381. The highest BCUT2D eigenvalue weighted by atomic mass is 35.5. The number of anilines is 1. The topological polar surface area (TPSA) is 54.0 Å². The lowest BCUT2D eigenvalue weighted by Gasteiger charge is -2.36. The van der Waals surface area contributed by atoms with Crippen LogP contribution in [-0.4, -0.2) is 55.7 Å². The van der Waals surface area contributed by atoms with E-state index in [1.165, 1.54) is 12.1 Å². The summed E-state index contributed by atoms with van der Waals surface area (Å²) in [6.07, 6.45) is -0.184. The van der Waals surface area contributed by atoms with Crippen LogP contribution in [0.1, 0.15) is 17.2 Å². The van der Waals surface area contributed by atoms with Gasteiger partial charge in [0, 0.05) is 43.4 Å². The standard InChI is InChI=1S/C27H29ClFN3O3/c1-34-25-10-3-6-21(16-25)26(35-19-20-5-2-7-22(28)15-20)18-31-11-13-32(14-12-31)27(33)30-24-9-4-8-23(29)17-24/h2-10,15-17,26H,11-14,18-19H2,1H3,(H,30,33)/t26-/m0/s1. The van der Waals surface area contributed by atoms with Crippen molar-refractivity contribution in [3.63, 3.8) is 0 Å². The largest absolute Gasteiger partial charge is 0.497 e. The van der Waals surface area contributed by atoms with Gasteiger partial charge in [-0.1, -0.05) is 41.9 Å². The lowest BCUT2D eigenvalue weighted by atomic mass is 10.1. The molecule has 0 spiro atoms. The van der Waals surface area contributed by atoms with Crippen molar-refractivity contribution in [3.05, 3.63) is 94.8 Å². The Labute approximate surface area is 210 Å². The molecule has 1 aliphatic rings. The molecule has 0 bridgehead atoms. The maximum absolute atomic E-state index is 13.4. The van der Waals surface area contributed by atoms with Gasteiger partial charge in [-0.05, 0) is 53.6 Å². The molecule has 0 aromatic heterocycles. The summed E-state index contributed by atoms with van der Waals surface area (Å²) < 4.78 is 25.2. The van der Waals surface area contributed by atoms with Gasteiger partial charge >= 0.3 is 6.03 Å². The minimum Gasteiger partial charge on any atom is -0.497 e. The summed E-state index contributed by atoms with van der Waals surface area (Å²) in [5.74, 6) is 0.395. The van der Waals surface area contributed by atoms with Gasteiger partial charge < -0.3 is 19.7 Å². The van der Waals surface area contributed by atoms with Gasteiger partial charge in [0.2, 0.25) is 0 Å². The number of rotatable bonds is 8. The third-order valence-corrected chi connectivity index (χ3v) is 6.20. The van der Waals surface area contributed by atoms with Crippen molar-refractivity contribution >= 4 is 23.3 Å². The molecular formula is C27H29ClFN3O3. The second-order valence-electron chi connectivity index (χ2n) is 8.43. The fourth-order valence-electron chi connectivity index (χ4n) is 4.06. The van der Waals surface area contributed by atoms with Crippen LogP contribution in [0.2, 0.25) is 5.02 Å². The van der Waals surface area contributed by atoms with Gasteiger partial charge in [0.05, 0.1) is 19.8 Å². The maximum atomic E-state index is 13.4. The summed E-state index contributed by atoms with van der Waals surface area (Å²) in [7, 11) is 1.65. The highest BCUT2D eigenvalue weighted by Crippen LogP contribution is 2.25. The predicted octanol–water partition coefficient (Wildman–Crippen LogP) is 5.60. The number of ether oxygens (including phenoxy) is 2. The quantitative estimate of drug-likeness (QED) is 0.440. The molecule has 0 radical (unpaired) electrons. The Hall–Kier alpha value is -3.13. The molecule has 1 N–H and O–H groups in total. The number of urea groups is 1. The highest BCUT2D eigenvalue weighted by Gasteiger charge is 2.24. The van der Waals surface area contributed by atoms with Crippen molar-refractivity contribution in [1.29, 1.82) is 0 Å². The van der Waals surface area contributed by atoms with Gasteiger partial charge in [-0.15, -0.1) is 0 Å². The Morgan fingerprint density at radius 3 is 2.54 bits per heavy atom. The molecule has 3 aromatic carbocycles. The molecule has 1 heterocycles. The van der Waals surface area contributed by atoms with Gasteiger partial charge in [0.1, 0.15) is 11.6 Å². The van der Waals surface area contributed by atoms with Crippen LogP contribution in [-0.2, 0) is 11.3 Å². The van der Waals surface area contributed by atoms with E-state index in [0.29, 0.717) is 50.0 Å². The number of carbonyl (C=O) groups excluding carboxylic acids is 1. The van der Waals surface area contributed by atoms with Crippen LogP contribution >= 0.6 is 11.6 Å². The number of nitrogens with one attached hydrogen (secondary N) is 1. The van der Waals surface area contributed by atoms with Crippen LogP contribution in [0.5, 0.6) is 5.75 Å². The summed E-state index contributed by atoms with van der Waals surface area (Å²) in [6, 6.07) is 21.2. The number of nitrogens with zero attached hydrogens (tertiary/aromatic N) is 2. The smallest absolute Gasteiger partial charge is 0.321 e. The molecule has 1 atom stereocenters. The zero-order valence-corrected chi connectivity index (χ0v) is 20.4. The lowest BCUT2D eigenvalue weighted by Crippen LogP contribution is -2.50. The monoisotopic (exact) mass is 497 g/mol. The van der Waals surface area contributed by atoms with Gasteiger partial charge in [0.25, 0.3) is 0 Å². The predicted molar refractivity (Wildman–Crippen MR) is 135 cm³/mol. The van der Waals surface area contributed by atoms with Crippen LogP contribution in [0.4, 0.5) is 14.9 Å². The van der Waals surface area contributed by atoms with E-state index < -0.39 is 0 Å². The van der Waals surface area contributed by atoms with Crippen molar-refractivity contribution in [3.8, 4) is 5.75 Å². The summed E-state index contributed by atoms with van der Waals surface area (Å²) >= 11 is 6.13. The van der Waals surface area contributed by atoms with E-state index in [2.05, 4.69) is 10.2 Å². The molecule has 0 aliphatic carbocycles. The van der Waals surface area contributed by atoms with E-state index in [1.807, 2.05) is 48.5 Å². The van der Waals surface area contributed by atoms with Crippen LogP contribution in [0, 0.1) is 5.82 Å². The second kappa shape index (κ2) is 12.0. The number of methoxy groups -OCH3 is 1. The van der Waals surface area contributed by atoms with Crippen molar-refractivity contribution in [2.45, 2.75) is 12.7 Å². The Kier molecular flexibility index (Phi) is 8.58. The molecule has 1 saturated heterocycles. The number of halogens is 2. The average molecular weight is 498 g/mol. The first-order valence-electron chi connectivity index (χ1n) is 11.5. The molecule has 6 nitrogen and oxygen atoms in total. The Balaban J connectivity index is 1.37. The van der Waals surface area contributed by atoms with Crippen molar-refractivity contribution in [2.24, 2.45) is 0 Å². The third kappa shape index (κ3) is 7.18. The Morgan fingerprint density at radius 2 is 1.80 bits per heavy atom.